The number of nitrogens with one attached hydrogen (secondary N) is 2. The molecule has 0 amide bonds. The van der Waals surface area contributed by atoms with Gasteiger partial charge in [-0.15, -0.1) is 11.3 Å². The van der Waals surface area contributed by atoms with E-state index in [1.807, 2.05) is 12.3 Å². The average molecular weight is 533 g/mol. The van der Waals surface area contributed by atoms with E-state index in [2.05, 4.69) is 70.3 Å². The Kier molecular flexibility index (Phi) is 9.22. The minimum Gasteiger partial charge on any atom is -0.494 e. The number of aliphatic hydroxyl groups excluding tert-OH is 1. The van der Waals surface area contributed by atoms with E-state index in [1.54, 1.807) is 11.3 Å². The van der Waals surface area contributed by atoms with E-state index in [0.717, 1.165) is 77.7 Å². The maximum atomic E-state index is 8.98. The maximum Gasteiger partial charge on any atom is 0.119 e. The standard InChI is InChI=1S/C30H36N4O3S/c1-22-26(24-5-2-6-25(18-24)37-14-4-10-34-11-15-36-16-12-34)7-3-8-27(22)33-28-21-38-29-17-23(19-31-9-13-35)20-32-30(28)29/h2-3,5-8,17-18,20-21,31,33,35H,4,9-16,19H2,1H3. The van der Waals surface area contributed by atoms with Gasteiger partial charge in [0.15, 0.2) is 0 Å². The summed E-state index contributed by atoms with van der Waals surface area (Å²) in [5.41, 5.74) is 7.66. The van der Waals surface area contributed by atoms with Crippen molar-refractivity contribution >= 4 is 32.9 Å². The van der Waals surface area contributed by atoms with E-state index in [9.17, 15) is 0 Å². The molecule has 1 aliphatic heterocycles. The van der Waals surface area contributed by atoms with Crippen LogP contribution in [0.3, 0.4) is 0 Å². The van der Waals surface area contributed by atoms with E-state index in [-0.39, 0.29) is 6.61 Å². The highest BCUT2D eigenvalue weighted by atomic mass is 32.1. The van der Waals surface area contributed by atoms with Crippen molar-refractivity contribution in [2.45, 2.75) is 19.9 Å². The fourth-order valence-electron chi connectivity index (χ4n) is 4.74. The summed E-state index contributed by atoms with van der Waals surface area (Å²) in [4.78, 5) is 7.16. The fraction of sp³-hybridized carbons (Fsp3) is 0.367. The van der Waals surface area contributed by atoms with Crippen LogP contribution in [0.5, 0.6) is 5.75 Å². The summed E-state index contributed by atoms with van der Waals surface area (Å²) in [6.45, 7) is 9.01. The Morgan fingerprint density at radius 1 is 1.11 bits per heavy atom. The quantitative estimate of drug-likeness (QED) is 0.217. The van der Waals surface area contributed by atoms with Gasteiger partial charge in [0.05, 0.1) is 36.8 Å². The van der Waals surface area contributed by atoms with Gasteiger partial charge in [0.25, 0.3) is 0 Å². The van der Waals surface area contributed by atoms with Crippen LogP contribution in [0.1, 0.15) is 17.5 Å². The molecule has 1 fully saturated rings. The monoisotopic (exact) mass is 532 g/mol. The molecule has 8 heteroatoms. The molecule has 0 saturated carbocycles. The van der Waals surface area contributed by atoms with E-state index in [1.165, 1.54) is 11.1 Å². The number of hydrogen-bond acceptors (Lipinski definition) is 8. The summed E-state index contributed by atoms with van der Waals surface area (Å²) >= 11 is 1.69. The highest BCUT2D eigenvalue weighted by Crippen LogP contribution is 2.35. The van der Waals surface area contributed by atoms with Crippen molar-refractivity contribution in [2.75, 3.05) is 57.9 Å². The van der Waals surface area contributed by atoms with Crippen LogP contribution in [0.2, 0.25) is 0 Å². The first-order valence-electron chi connectivity index (χ1n) is 13.3. The second-order valence-electron chi connectivity index (χ2n) is 9.53. The highest BCUT2D eigenvalue weighted by molar-refractivity contribution is 7.17. The summed E-state index contributed by atoms with van der Waals surface area (Å²) in [5.74, 6) is 0.902. The van der Waals surface area contributed by atoms with Gasteiger partial charge in [-0.3, -0.25) is 9.88 Å². The number of nitrogens with zero attached hydrogens (tertiary/aromatic N) is 2. The molecule has 5 rings (SSSR count). The lowest BCUT2D eigenvalue weighted by atomic mass is 9.99. The smallest absolute Gasteiger partial charge is 0.119 e. The van der Waals surface area contributed by atoms with Crippen molar-refractivity contribution in [1.82, 2.24) is 15.2 Å². The number of rotatable bonds is 12. The van der Waals surface area contributed by atoms with Gasteiger partial charge in [-0.2, -0.15) is 0 Å². The first kappa shape index (κ1) is 26.6. The number of thiophene rings is 1. The molecule has 3 heterocycles. The van der Waals surface area contributed by atoms with Crippen LogP contribution in [0.25, 0.3) is 21.3 Å². The lowest BCUT2D eigenvalue weighted by Gasteiger charge is -2.26. The molecule has 38 heavy (non-hydrogen) atoms. The maximum absolute atomic E-state index is 8.98. The normalized spacial score (nSPS) is 14.2. The first-order valence-corrected chi connectivity index (χ1v) is 14.2. The van der Waals surface area contributed by atoms with E-state index in [0.29, 0.717) is 19.7 Å². The van der Waals surface area contributed by atoms with Gasteiger partial charge in [-0.25, -0.2) is 0 Å². The van der Waals surface area contributed by atoms with Crippen molar-refractivity contribution in [3.05, 3.63) is 71.2 Å². The molecule has 0 bridgehead atoms. The second kappa shape index (κ2) is 13.2. The van der Waals surface area contributed by atoms with Gasteiger partial charge in [0.1, 0.15) is 11.3 Å². The molecule has 1 aliphatic rings. The third kappa shape index (κ3) is 6.70. The average Bonchev–Trinajstić information content (AvgIpc) is 3.35. The summed E-state index contributed by atoms with van der Waals surface area (Å²) in [6, 6.07) is 16.9. The molecular formula is C30H36N4O3S. The number of ether oxygens (including phenoxy) is 2. The molecule has 3 N–H and O–H groups in total. The summed E-state index contributed by atoms with van der Waals surface area (Å²) in [5, 5.41) is 17.9. The topological polar surface area (TPSA) is 78.9 Å². The van der Waals surface area contributed by atoms with E-state index < -0.39 is 0 Å². The summed E-state index contributed by atoms with van der Waals surface area (Å²) in [7, 11) is 0. The molecular weight excluding hydrogens is 496 g/mol. The van der Waals surface area contributed by atoms with Crippen molar-refractivity contribution in [1.29, 1.82) is 0 Å². The zero-order chi connectivity index (χ0) is 26.2. The molecule has 0 spiro atoms. The molecule has 200 valence electrons. The van der Waals surface area contributed by atoms with Crippen molar-refractivity contribution in [3.63, 3.8) is 0 Å². The number of aliphatic hydroxyl groups is 1. The van der Waals surface area contributed by atoms with Crippen LogP contribution in [0.4, 0.5) is 11.4 Å². The Bertz CT molecular complexity index is 1340. The van der Waals surface area contributed by atoms with Crippen LogP contribution in [0.15, 0.2) is 60.1 Å². The molecule has 0 unspecified atom stereocenters. The lowest BCUT2D eigenvalue weighted by molar-refractivity contribution is 0.0358. The zero-order valence-electron chi connectivity index (χ0n) is 21.9. The Labute approximate surface area is 228 Å². The predicted octanol–water partition coefficient (Wildman–Crippen LogP) is 5.20. The summed E-state index contributed by atoms with van der Waals surface area (Å²) < 4.78 is 12.7. The van der Waals surface area contributed by atoms with Gasteiger partial charge in [0, 0.05) is 50.0 Å². The molecule has 7 nitrogen and oxygen atoms in total. The third-order valence-electron chi connectivity index (χ3n) is 6.83. The fourth-order valence-corrected chi connectivity index (χ4v) is 5.65. The van der Waals surface area contributed by atoms with Gasteiger partial charge in [-0.1, -0.05) is 24.3 Å². The largest absolute Gasteiger partial charge is 0.494 e. The molecule has 1 saturated heterocycles. The van der Waals surface area contributed by atoms with Gasteiger partial charge in [-0.05, 0) is 59.9 Å². The predicted molar refractivity (Wildman–Crippen MR) is 156 cm³/mol. The van der Waals surface area contributed by atoms with Crippen LogP contribution in [-0.4, -0.2) is 67.6 Å². The van der Waals surface area contributed by atoms with Crippen LogP contribution >= 0.6 is 11.3 Å². The minimum atomic E-state index is 0.133. The first-order chi connectivity index (χ1) is 18.7. The van der Waals surface area contributed by atoms with Crippen molar-refractivity contribution in [3.8, 4) is 16.9 Å². The van der Waals surface area contributed by atoms with Crippen LogP contribution < -0.4 is 15.4 Å². The SMILES string of the molecule is Cc1c(Nc2csc3cc(CNCCO)cnc23)cccc1-c1cccc(OCCCN2CCOCC2)c1. The van der Waals surface area contributed by atoms with E-state index in [4.69, 9.17) is 19.6 Å². The number of aromatic nitrogens is 1. The number of anilines is 2. The van der Waals surface area contributed by atoms with Crippen molar-refractivity contribution < 1.29 is 14.6 Å². The van der Waals surface area contributed by atoms with Gasteiger partial charge >= 0.3 is 0 Å². The summed E-state index contributed by atoms with van der Waals surface area (Å²) in [6.07, 6.45) is 2.91. The lowest BCUT2D eigenvalue weighted by Crippen LogP contribution is -2.37. The number of benzene rings is 2. The third-order valence-corrected chi connectivity index (χ3v) is 7.74. The Morgan fingerprint density at radius 3 is 2.84 bits per heavy atom. The Morgan fingerprint density at radius 2 is 1.97 bits per heavy atom. The molecule has 0 aliphatic carbocycles. The van der Waals surface area contributed by atoms with Gasteiger partial charge < -0.3 is 25.2 Å². The minimum absolute atomic E-state index is 0.133. The number of hydrogen-bond donors (Lipinski definition) is 3. The highest BCUT2D eigenvalue weighted by Gasteiger charge is 2.12. The van der Waals surface area contributed by atoms with Crippen LogP contribution in [-0.2, 0) is 11.3 Å². The molecule has 0 radical (unpaired) electrons. The molecule has 0 atom stereocenters. The van der Waals surface area contributed by atoms with Gasteiger partial charge in [0.2, 0.25) is 0 Å². The molecule has 2 aromatic heterocycles. The Hall–Kier alpha value is -3.01. The second-order valence-corrected chi connectivity index (χ2v) is 10.4. The number of pyridine rings is 1. The zero-order valence-corrected chi connectivity index (χ0v) is 22.7. The molecule has 4 aromatic rings. The number of morpholine rings is 1. The Balaban J connectivity index is 1.25. The number of fused-ring (bicyclic) bond motifs is 1. The molecule has 2 aromatic carbocycles. The van der Waals surface area contributed by atoms with Crippen LogP contribution in [0, 0.1) is 6.92 Å². The van der Waals surface area contributed by atoms with Crippen molar-refractivity contribution in [2.24, 2.45) is 0 Å². The van der Waals surface area contributed by atoms with E-state index >= 15 is 0 Å².